The van der Waals surface area contributed by atoms with E-state index in [2.05, 4.69) is 18.8 Å². The maximum Gasteiger partial charge on any atom is 0.128 e. The van der Waals surface area contributed by atoms with Crippen molar-refractivity contribution in [3.63, 3.8) is 0 Å². The molecule has 17 heavy (non-hydrogen) atoms. The Morgan fingerprint density at radius 1 is 1.18 bits per heavy atom. The van der Waals surface area contributed by atoms with Gasteiger partial charge in [0.25, 0.3) is 0 Å². The zero-order valence-corrected chi connectivity index (χ0v) is 10.3. The van der Waals surface area contributed by atoms with Crippen molar-refractivity contribution >= 4 is 16.7 Å². The summed E-state index contributed by atoms with van der Waals surface area (Å²) in [7, 11) is 0. The molecule has 0 spiro atoms. The number of hydrogen-bond donors (Lipinski definition) is 1. The predicted molar refractivity (Wildman–Crippen MR) is 71.5 cm³/mol. The Bertz CT molecular complexity index is 524. The summed E-state index contributed by atoms with van der Waals surface area (Å²) in [6.07, 6.45) is 1.77. The van der Waals surface area contributed by atoms with Gasteiger partial charge < -0.3 is 4.90 Å². The minimum Gasteiger partial charge on any atom is -0.357 e. The first-order chi connectivity index (χ1) is 8.27. The Balaban J connectivity index is 2.52. The Morgan fingerprint density at radius 3 is 2.59 bits per heavy atom. The minimum absolute atomic E-state index is 0.577. The molecule has 3 heteroatoms. The van der Waals surface area contributed by atoms with E-state index >= 15 is 0 Å². The zero-order valence-electron chi connectivity index (χ0n) is 10.3. The van der Waals surface area contributed by atoms with E-state index in [1.165, 1.54) is 0 Å². The van der Waals surface area contributed by atoms with Gasteiger partial charge in [-0.05, 0) is 26.0 Å². The smallest absolute Gasteiger partial charge is 0.128 e. The monoisotopic (exact) mass is 227 g/mol. The average Bonchev–Trinajstić information content (AvgIpc) is 2.39. The number of amidine groups is 1. The number of nitrogens with one attached hydrogen (secondary N) is 1. The first kappa shape index (κ1) is 11.6. The third-order valence-electron chi connectivity index (χ3n) is 2.98. The van der Waals surface area contributed by atoms with Gasteiger partial charge in [-0.2, -0.15) is 0 Å². The SMILES string of the molecule is CCN(CC)C(=N)c1ccnc2ccccc12. The third kappa shape index (κ3) is 2.13. The highest BCUT2D eigenvalue weighted by Gasteiger charge is 2.11. The molecular formula is C14H17N3. The van der Waals surface area contributed by atoms with Crippen LogP contribution >= 0.6 is 0 Å². The van der Waals surface area contributed by atoms with Crippen LogP contribution in [0.1, 0.15) is 19.4 Å². The largest absolute Gasteiger partial charge is 0.357 e. The van der Waals surface area contributed by atoms with Crippen molar-refractivity contribution < 1.29 is 0 Å². The molecular weight excluding hydrogens is 210 g/mol. The van der Waals surface area contributed by atoms with Crippen LogP contribution < -0.4 is 0 Å². The van der Waals surface area contributed by atoms with Gasteiger partial charge in [-0.25, -0.2) is 0 Å². The van der Waals surface area contributed by atoms with E-state index in [0.29, 0.717) is 5.84 Å². The second-order valence-electron chi connectivity index (χ2n) is 3.90. The van der Waals surface area contributed by atoms with Crippen LogP contribution in [0.2, 0.25) is 0 Å². The molecule has 3 nitrogen and oxygen atoms in total. The van der Waals surface area contributed by atoms with Gasteiger partial charge in [0.1, 0.15) is 5.84 Å². The van der Waals surface area contributed by atoms with Crippen molar-refractivity contribution in [1.82, 2.24) is 9.88 Å². The lowest BCUT2D eigenvalue weighted by atomic mass is 10.1. The van der Waals surface area contributed by atoms with Crippen LogP contribution in [0.5, 0.6) is 0 Å². The van der Waals surface area contributed by atoms with Crippen molar-refractivity contribution in [3.8, 4) is 0 Å². The van der Waals surface area contributed by atoms with E-state index < -0.39 is 0 Å². The van der Waals surface area contributed by atoms with E-state index in [0.717, 1.165) is 29.6 Å². The van der Waals surface area contributed by atoms with Gasteiger partial charge in [0, 0.05) is 30.2 Å². The number of pyridine rings is 1. The van der Waals surface area contributed by atoms with Crippen molar-refractivity contribution in [2.45, 2.75) is 13.8 Å². The summed E-state index contributed by atoms with van der Waals surface area (Å²) in [6, 6.07) is 9.89. The maximum atomic E-state index is 8.27. The van der Waals surface area contributed by atoms with E-state index in [1.807, 2.05) is 35.2 Å². The molecule has 0 aliphatic heterocycles. The van der Waals surface area contributed by atoms with Crippen LogP contribution in [0, 0.1) is 5.41 Å². The van der Waals surface area contributed by atoms with Gasteiger partial charge in [0.05, 0.1) is 5.52 Å². The van der Waals surface area contributed by atoms with Crippen molar-refractivity contribution in [2.75, 3.05) is 13.1 Å². The average molecular weight is 227 g/mol. The van der Waals surface area contributed by atoms with Gasteiger partial charge in [-0.3, -0.25) is 10.4 Å². The number of fused-ring (bicyclic) bond motifs is 1. The molecule has 1 aromatic heterocycles. The third-order valence-corrected chi connectivity index (χ3v) is 2.98. The fourth-order valence-electron chi connectivity index (χ4n) is 2.01. The predicted octanol–water partition coefficient (Wildman–Crippen LogP) is 2.90. The van der Waals surface area contributed by atoms with E-state index in [9.17, 15) is 0 Å². The van der Waals surface area contributed by atoms with E-state index in [4.69, 9.17) is 5.41 Å². The molecule has 0 saturated heterocycles. The Labute approximate surface area is 102 Å². The summed E-state index contributed by atoms with van der Waals surface area (Å²) in [5, 5.41) is 9.32. The van der Waals surface area contributed by atoms with Crippen molar-refractivity contribution in [1.29, 1.82) is 5.41 Å². The number of nitrogens with zero attached hydrogens (tertiary/aromatic N) is 2. The molecule has 0 radical (unpaired) electrons. The molecule has 2 rings (SSSR count). The highest BCUT2D eigenvalue weighted by Crippen LogP contribution is 2.17. The van der Waals surface area contributed by atoms with Gasteiger partial charge in [0.2, 0.25) is 0 Å². The van der Waals surface area contributed by atoms with Gasteiger partial charge in [0.15, 0.2) is 0 Å². The van der Waals surface area contributed by atoms with Crippen LogP contribution in [0.25, 0.3) is 10.9 Å². The molecule has 2 aromatic rings. The molecule has 0 aliphatic carbocycles. The lowest BCUT2D eigenvalue weighted by Crippen LogP contribution is -2.30. The second kappa shape index (κ2) is 4.95. The fraction of sp³-hybridized carbons (Fsp3) is 0.286. The molecule has 1 aromatic carbocycles. The van der Waals surface area contributed by atoms with Gasteiger partial charge in [-0.15, -0.1) is 0 Å². The minimum atomic E-state index is 0.577. The summed E-state index contributed by atoms with van der Waals surface area (Å²) < 4.78 is 0. The first-order valence-corrected chi connectivity index (χ1v) is 5.95. The molecule has 1 heterocycles. The number of benzene rings is 1. The summed E-state index contributed by atoms with van der Waals surface area (Å²) in [6.45, 7) is 5.85. The standard InChI is InChI=1S/C14H17N3/c1-3-17(4-2)14(15)12-9-10-16-13-8-6-5-7-11(12)13/h5-10,15H,3-4H2,1-2H3. The topological polar surface area (TPSA) is 40.0 Å². The molecule has 88 valence electrons. The second-order valence-corrected chi connectivity index (χ2v) is 3.90. The molecule has 0 fully saturated rings. The molecule has 0 aliphatic rings. The van der Waals surface area contributed by atoms with Crippen molar-refractivity contribution in [3.05, 3.63) is 42.1 Å². The molecule has 1 N–H and O–H groups in total. The Hall–Kier alpha value is -1.90. The highest BCUT2D eigenvalue weighted by molar-refractivity contribution is 6.07. The number of para-hydroxylation sites is 1. The Morgan fingerprint density at radius 2 is 1.88 bits per heavy atom. The molecule has 0 saturated carbocycles. The van der Waals surface area contributed by atoms with Crippen LogP contribution in [0.4, 0.5) is 0 Å². The number of hydrogen-bond acceptors (Lipinski definition) is 2. The molecule has 0 amide bonds. The first-order valence-electron chi connectivity index (χ1n) is 5.95. The van der Waals surface area contributed by atoms with Crippen LogP contribution in [0.15, 0.2) is 36.5 Å². The van der Waals surface area contributed by atoms with Gasteiger partial charge in [-0.1, -0.05) is 18.2 Å². The summed E-state index contributed by atoms with van der Waals surface area (Å²) >= 11 is 0. The molecule has 0 bridgehead atoms. The fourth-order valence-corrected chi connectivity index (χ4v) is 2.01. The number of aromatic nitrogens is 1. The summed E-state index contributed by atoms with van der Waals surface area (Å²) in [5.41, 5.74) is 1.90. The lowest BCUT2D eigenvalue weighted by Gasteiger charge is -2.22. The van der Waals surface area contributed by atoms with Crippen LogP contribution in [0.3, 0.4) is 0 Å². The van der Waals surface area contributed by atoms with Crippen LogP contribution in [-0.4, -0.2) is 28.8 Å². The van der Waals surface area contributed by atoms with Gasteiger partial charge >= 0.3 is 0 Å². The molecule has 0 unspecified atom stereocenters. The maximum absolute atomic E-state index is 8.27. The summed E-state index contributed by atoms with van der Waals surface area (Å²) in [5.74, 6) is 0.577. The molecule has 0 atom stereocenters. The Kier molecular flexibility index (Phi) is 3.38. The number of rotatable bonds is 3. The van der Waals surface area contributed by atoms with Crippen molar-refractivity contribution in [2.24, 2.45) is 0 Å². The zero-order chi connectivity index (χ0) is 12.3. The lowest BCUT2D eigenvalue weighted by molar-refractivity contribution is 0.464. The van der Waals surface area contributed by atoms with Crippen LogP contribution in [-0.2, 0) is 0 Å². The normalized spacial score (nSPS) is 10.5. The summed E-state index contributed by atoms with van der Waals surface area (Å²) in [4.78, 5) is 6.36. The quantitative estimate of drug-likeness (QED) is 0.647. The highest BCUT2D eigenvalue weighted by atomic mass is 15.2. The van der Waals surface area contributed by atoms with E-state index in [-0.39, 0.29) is 0 Å². The van der Waals surface area contributed by atoms with E-state index in [1.54, 1.807) is 6.20 Å².